The summed E-state index contributed by atoms with van der Waals surface area (Å²) in [6.07, 6.45) is 14.2. The van der Waals surface area contributed by atoms with Crippen LogP contribution in [0.2, 0.25) is 0 Å². The van der Waals surface area contributed by atoms with E-state index in [1.807, 2.05) is 30.3 Å². The van der Waals surface area contributed by atoms with E-state index in [1.165, 1.54) is 25.7 Å². The van der Waals surface area contributed by atoms with Crippen LogP contribution in [0.25, 0.3) is 11.4 Å². The molecule has 1 aliphatic heterocycles. The minimum absolute atomic E-state index is 0.754. The fourth-order valence-corrected chi connectivity index (χ4v) is 3.91. The molecule has 1 saturated heterocycles. The molecular weight excluding hydrogens is 308 g/mol. The Morgan fingerprint density at radius 3 is 2.68 bits per heavy atom. The van der Waals surface area contributed by atoms with Crippen molar-refractivity contribution in [2.24, 2.45) is 11.8 Å². The lowest BCUT2D eigenvalue weighted by molar-refractivity contribution is 0.162. The van der Waals surface area contributed by atoms with E-state index in [2.05, 4.69) is 44.4 Å². The zero-order valence-electron chi connectivity index (χ0n) is 14.6. The molecule has 0 bridgehead atoms. The van der Waals surface area contributed by atoms with Crippen molar-refractivity contribution in [1.29, 1.82) is 0 Å². The Morgan fingerprint density at radius 1 is 1.08 bits per heavy atom. The smallest absolute Gasteiger partial charge is 0.181 e. The van der Waals surface area contributed by atoms with Gasteiger partial charge in [0.05, 0.1) is 6.54 Å². The number of nitrogens with zero attached hydrogens (tertiary/aromatic N) is 3. The summed E-state index contributed by atoms with van der Waals surface area (Å²) in [6.45, 7) is 3.20. The lowest BCUT2D eigenvalue weighted by Crippen LogP contribution is -2.34. The van der Waals surface area contributed by atoms with E-state index in [0.29, 0.717) is 0 Å². The second-order valence-electron chi connectivity index (χ2n) is 7.24. The summed E-state index contributed by atoms with van der Waals surface area (Å²) < 4.78 is 0. The average Bonchev–Trinajstić information content (AvgIpc) is 3.14. The predicted molar refractivity (Wildman–Crippen MR) is 101 cm³/mol. The van der Waals surface area contributed by atoms with Crippen molar-refractivity contribution in [3.8, 4) is 11.4 Å². The second-order valence-corrected chi connectivity index (χ2v) is 7.24. The van der Waals surface area contributed by atoms with Gasteiger partial charge in [-0.2, -0.15) is 5.10 Å². The third-order valence-corrected chi connectivity index (χ3v) is 5.35. The highest BCUT2D eigenvalue weighted by atomic mass is 15.2. The summed E-state index contributed by atoms with van der Waals surface area (Å²) >= 11 is 0. The first-order chi connectivity index (χ1) is 12.4. The van der Waals surface area contributed by atoms with E-state index in [4.69, 9.17) is 0 Å². The molecule has 130 valence electrons. The number of aromatic amines is 1. The van der Waals surface area contributed by atoms with Gasteiger partial charge in [-0.1, -0.05) is 54.6 Å². The third kappa shape index (κ3) is 4.26. The highest BCUT2D eigenvalue weighted by Gasteiger charge is 2.22. The molecule has 0 saturated carbocycles. The maximum atomic E-state index is 4.66. The van der Waals surface area contributed by atoms with Gasteiger partial charge < -0.3 is 0 Å². The largest absolute Gasteiger partial charge is 0.296 e. The van der Waals surface area contributed by atoms with Gasteiger partial charge in [0.2, 0.25) is 0 Å². The van der Waals surface area contributed by atoms with Gasteiger partial charge in [-0.25, -0.2) is 4.98 Å². The number of aromatic nitrogens is 3. The Morgan fingerprint density at radius 2 is 1.92 bits per heavy atom. The molecule has 2 heterocycles. The van der Waals surface area contributed by atoms with E-state index < -0.39 is 0 Å². The number of allylic oxidation sites excluding steroid dienone is 4. The predicted octanol–water partition coefficient (Wildman–Crippen LogP) is 4.21. The molecule has 2 aliphatic rings. The average molecular weight is 334 g/mol. The maximum Gasteiger partial charge on any atom is 0.181 e. The maximum absolute atomic E-state index is 4.66. The molecule has 1 atom stereocenters. The number of benzene rings is 1. The fourth-order valence-electron chi connectivity index (χ4n) is 3.91. The molecule has 1 aliphatic carbocycles. The first-order valence-corrected chi connectivity index (χ1v) is 9.39. The monoisotopic (exact) mass is 334 g/mol. The molecular formula is C21H26N4. The molecule has 0 amide bonds. The number of H-pyrrole nitrogens is 1. The molecule has 1 fully saturated rings. The van der Waals surface area contributed by atoms with Crippen molar-refractivity contribution in [2.75, 3.05) is 13.1 Å². The third-order valence-electron chi connectivity index (χ3n) is 5.35. The highest BCUT2D eigenvalue weighted by molar-refractivity contribution is 5.53. The Balaban J connectivity index is 1.27. The van der Waals surface area contributed by atoms with Crippen molar-refractivity contribution in [3.63, 3.8) is 0 Å². The van der Waals surface area contributed by atoms with Crippen LogP contribution in [0.1, 0.15) is 31.5 Å². The van der Waals surface area contributed by atoms with Crippen molar-refractivity contribution < 1.29 is 0 Å². The number of hydrogen-bond donors (Lipinski definition) is 1. The van der Waals surface area contributed by atoms with Gasteiger partial charge in [0.1, 0.15) is 5.82 Å². The van der Waals surface area contributed by atoms with Crippen LogP contribution in [-0.2, 0) is 6.54 Å². The topological polar surface area (TPSA) is 44.8 Å². The molecule has 4 heteroatoms. The Kier molecular flexibility index (Phi) is 5.07. The van der Waals surface area contributed by atoms with Crippen LogP contribution in [0.4, 0.5) is 0 Å². The summed E-state index contributed by atoms with van der Waals surface area (Å²) in [6, 6.07) is 10.2. The van der Waals surface area contributed by atoms with E-state index >= 15 is 0 Å². The van der Waals surface area contributed by atoms with E-state index in [1.54, 1.807) is 0 Å². The van der Waals surface area contributed by atoms with Gasteiger partial charge in [-0.3, -0.25) is 10.00 Å². The molecule has 1 unspecified atom stereocenters. The number of rotatable bonds is 5. The molecule has 4 rings (SSSR count). The lowest BCUT2D eigenvalue weighted by atomic mass is 9.84. The zero-order chi connectivity index (χ0) is 16.9. The van der Waals surface area contributed by atoms with Crippen molar-refractivity contribution in [1.82, 2.24) is 20.1 Å². The normalized spacial score (nSPS) is 21.7. The quantitative estimate of drug-likeness (QED) is 0.891. The van der Waals surface area contributed by atoms with Gasteiger partial charge in [0.15, 0.2) is 5.82 Å². The summed E-state index contributed by atoms with van der Waals surface area (Å²) in [4.78, 5) is 7.16. The molecule has 0 radical (unpaired) electrons. The number of piperidine rings is 1. The Hall–Kier alpha value is -2.20. The number of nitrogens with one attached hydrogen (secondary N) is 1. The SMILES string of the molecule is C1=CCC(CC2CCN(Cc3nc(-c4ccccc4)n[nH]3)CC2)C=C1. The van der Waals surface area contributed by atoms with Gasteiger partial charge in [0, 0.05) is 5.56 Å². The van der Waals surface area contributed by atoms with Crippen molar-refractivity contribution in [3.05, 3.63) is 60.5 Å². The summed E-state index contributed by atoms with van der Waals surface area (Å²) in [5.74, 6) is 3.39. The van der Waals surface area contributed by atoms with Gasteiger partial charge >= 0.3 is 0 Å². The second kappa shape index (κ2) is 7.79. The molecule has 2 aromatic rings. The molecule has 0 spiro atoms. The first kappa shape index (κ1) is 16.3. The lowest BCUT2D eigenvalue weighted by Gasteiger charge is -2.32. The first-order valence-electron chi connectivity index (χ1n) is 9.39. The molecule has 1 N–H and O–H groups in total. The van der Waals surface area contributed by atoms with Crippen LogP contribution in [-0.4, -0.2) is 33.2 Å². The van der Waals surface area contributed by atoms with Crippen molar-refractivity contribution in [2.45, 2.75) is 32.2 Å². The minimum atomic E-state index is 0.754. The number of hydrogen-bond acceptors (Lipinski definition) is 3. The van der Waals surface area contributed by atoms with Crippen LogP contribution in [0.3, 0.4) is 0 Å². The van der Waals surface area contributed by atoms with E-state index in [0.717, 1.165) is 48.7 Å². The fraction of sp³-hybridized carbons (Fsp3) is 0.429. The highest BCUT2D eigenvalue weighted by Crippen LogP contribution is 2.28. The van der Waals surface area contributed by atoms with Crippen LogP contribution in [0, 0.1) is 11.8 Å². The van der Waals surface area contributed by atoms with Crippen LogP contribution >= 0.6 is 0 Å². The van der Waals surface area contributed by atoms with Crippen LogP contribution in [0.15, 0.2) is 54.6 Å². The molecule has 1 aromatic heterocycles. The van der Waals surface area contributed by atoms with Gasteiger partial charge in [0.25, 0.3) is 0 Å². The number of likely N-dealkylation sites (tertiary alicyclic amines) is 1. The zero-order valence-corrected chi connectivity index (χ0v) is 14.6. The molecule has 25 heavy (non-hydrogen) atoms. The van der Waals surface area contributed by atoms with Crippen LogP contribution < -0.4 is 0 Å². The van der Waals surface area contributed by atoms with E-state index in [9.17, 15) is 0 Å². The summed E-state index contributed by atoms with van der Waals surface area (Å²) in [5, 5.41) is 7.48. The van der Waals surface area contributed by atoms with Gasteiger partial charge in [-0.15, -0.1) is 0 Å². The van der Waals surface area contributed by atoms with Gasteiger partial charge in [-0.05, 0) is 50.6 Å². The minimum Gasteiger partial charge on any atom is -0.296 e. The molecule has 4 nitrogen and oxygen atoms in total. The summed E-state index contributed by atoms with van der Waals surface area (Å²) in [5.41, 5.74) is 1.07. The van der Waals surface area contributed by atoms with Crippen molar-refractivity contribution >= 4 is 0 Å². The van der Waals surface area contributed by atoms with Crippen LogP contribution in [0.5, 0.6) is 0 Å². The Labute approximate surface area is 149 Å². The summed E-state index contributed by atoms with van der Waals surface area (Å²) in [7, 11) is 0. The standard InChI is InChI=1S/C21H26N4/c1-3-7-17(8-4-1)15-18-11-13-25(14-12-18)16-20-22-21(24-23-20)19-9-5-2-6-10-19/h1-7,9-10,17-18H,8,11-16H2,(H,22,23,24). The Bertz CT molecular complexity index is 723. The van der Waals surface area contributed by atoms with E-state index in [-0.39, 0.29) is 0 Å². The molecule has 1 aromatic carbocycles.